The number of ether oxygens (including phenoxy) is 1. The van der Waals surface area contributed by atoms with Crippen LogP contribution < -0.4 is 10.5 Å². The Balaban J connectivity index is 2.41. The summed E-state index contributed by atoms with van der Waals surface area (Å²) in [6, 6.07) is 11.0. The largest absolute Gasteiger partial charge is 0.453 e. The van der Waals surface area contributed by atoms with E-state index in [2.05, 4.69) is 21.1 Å². The van der Waals surface area contributed by atoms with E-state index < -0.39 is 5.82 Å². The number of nitrogens with zero attached hydrogens (tertiary/aromatic N) is 1. The van der Waals surface area contributed by atoms with Crippen molar-refractivity contribution in [3.8, 4) is 11.5 Å². The second-order valence-electron chi connectivity index (χ2n) is 3.66. The summed E-state index contributed by atoms with van der Waals surface area (Å²) in [6.45, 7) is 0. The van der Waals surface area contributed by atoms with Gasteiger partial charge in [0.25, 0.3) is 0 Å². The quantitative estimate of drug-likeness (QED) is 0.393. The Kier molecular flexibility index (Phi) is 4.01. The number of oxime groups is 1. The van der Waals surface area contributed by atoms with Crippen molar-refractivity contribution in [1.29, 1.82) is 0 Å². The summed E-state index contributed by atoms with van der Waals surface area (Å²) in [5.74, 6) is -0.258. The Morgan fingerprint density at radius 2 is 1.95 bits per heavy atom. The number of rotatable bonds is 3. The Morgan fingerprint density at radius 1 is 1.21 bits per heavy atom. The van der Waals surface area contributed by atoms with Crippen LogP contribution in [0, 0.1) is 5.82 Å². The fraction of sp³-hybridized carbons (Fsp3) is 0. The molecule has 3 N–H and O–H groups in total. The highest BCUT2D eigenvalue weighted by molar-refractivity contribution is 9.10. The van der Waals surface area contributed by atoms with E-state index in [1.807, 2.05) is 0 Å². The molecule has 0 atom stereocenters. The zero-order valence-corrected chi connectivity index (χ0v) is 11.3. The molecule has 0 aliphatic heterocycles. The highest BCUT2D eigenvalue weighted by Gasteiger charge is 2.11. The maximum atomic E-state index is 13.6. The van der Waals surface area contributed by atoms with E-state index >= 15 is 0 Å². The molecular formula is C13H10BrFN2O2. The molecule has 0 aromatic heterocycles. The maximum absolute atomic E-state index is 13.6. The summed E-state index contributed by atoms with van der Waals surface area (Å²) < 4.78 is 19.8. The molecule has 0 aliphatic carbocycles. The summed E-state index contributed by atoms with van der Waals surface area (Å²) in [7, 11) is 0. The summed E-state index contributed by atoms with van der Waals surface area (Å²) in [6.07, 6.45) is 0. The van der Waals surface area contributed by atoms with Gasteiger partial charge in [-0.1, -0.05) is 33.2 Å². The van der Waals surface area contributed by atoms with Crippen LogP contribution in [-0.2, 0) is 0 Å². The molecule has 2 rings (SSSR count). The maximum Gasteiger partial charge on any atom is 0.173 e. The second kappa shape index (κ2) is 5.71. The van der Waals surface area contributed by atoms with Crippen molar-refractivity contribution in [2.45, 2.75) is 0 Å². The van der Waals surface area contributed by atoms with Gasteiger partial charge in [-0.15, -0.1) is 0 Å². The van der Waals surface area contributed by atoms with E-state index in [-0.39, 0.29) is 11.6 Å². The van der Waals surface area contributed by atoms with Crippen LogP contribution in [0.2, 0.25) is 0 Å². The lowest BCUT2D eigenvalue weighted by Gasteiger charge is -2.10. The van der Waals surface area contributed by atoms with Gasteiger partial charge in [0.1, 0.15) is 5.75 Å². The molecule has 98 valence electrons. The first-order valence-electron chi connectivity index (χ1n) is 5.31. The monoisotopic (exact) mass is 324 g/mol. The molecule has 19 heavy (non-hydrogen) atoms. The van der Waals surface area contributed by atoms with Crippen molar-refractivity contribution in [3.05, 3.63) is 58.3 Å². The van der Waals surface area contributed by atoms with E-state index in [0.29, 0.717) is 15.8 Å². The van der Waals surface area contributed by atoms with E-state index in [9.17, 15) is 4.39 Å². The number of para-hydroxylation sites is 1. The molecule has 0 heterocycles. The number of nitrogens with two attached hydrogens (primary N) is 1. The van der Waals surface area contributed by atoms with Crippen molar-refractivity contribution in [2.75, 3.05) is 0 Å². The predicted molar refractivity (Wildman–Crippen MR) is 73.1 cm³/mol. The molecule has 0 amide bonds. The lowest BCUT2D eigenvalue weighted by Crippen LogP contribution is -2.14. The fourth-order valence-corrected chi connectivity index (χ4v) is 1.84. The van der Waals surface area contributed by atoms with Gasteiger partial charge in [0.2, 0.25) is 0 Å². The highest BCUT2D eigenvalue weighted by Crippen LogP contribution is 2.29. The van der Waals surface area contributed by atoms with E-state index in [1.54, 1.807) is 30.3 Å². The Morgan fingerprint density at radius 3 is 2.68 bits per heavy atom. The zero-order chi connectivity index (χ0) is 13.8. The average Bonchev–Trinajstić information content (AvgIpc) is 2.42. The molecule has 0 fully saturated rings. The van der Waals surface area contributed by atoms with Gasteiger partial charge in [-0.05, 0) is 30.3 Å². The van der Waals surface area contributed by atoms with Gasteiger partial charge in [0, 0.05) is 4.47 Å². The molecule has 0 spiro atoms. The minimum absolute atomic E-state index is 0.0487. The number of hydrogen-bond acceptors (Lipinski definition) is 3. The minimum atomic E-state index is -0.502. The second-order valence-corrected chi connectivity index (χ2v) is 4.57. The van der Waals surface area contributed by atoms with E-state index in [0.717, 1.165) is 0 Å². The lowest BCUT2D eigenvalue weighted by atomic mass is 10.2. The van der Waals surface area contributed by atoms with Crippen LogP contribution in [-0.4, -0.2) is 11.0 Å². The first-order chi connectivity index (χ1) is 9.11. The van der Waals surface area contributed by atoms with E-state index in [4.69, 9.17) is 15.7 Å². The van der Waals surface area contributed by atoms with Crippen molar-refractivity contribution < 1.29 is 14.3 Å². The number of halogens is 2. The van der Waals surface area contributed by atoms with Gasteiger partial charge >= 0.3 is 0 Å². The van der Waals surface area contributed by atoms with Crippen LogP contribution in [0.15, 0.2) is 52.1 Å². The van der Waals surface area contributed by atoms with Gasteiger partial charge < -0.3 is 15.7 Å². The highest BCUT2D eigenvalue weighted by atomic mass is 79.9. The fourth-order valence-electron chi connectivity index (χ4n) is 1.49. The van der Waals surface area contributed by atoms with Gasteiger partial charge in [0.15, 0.2) is 17.4 Å². The third-order valence-electron chi connectivity index (χ3n) is 2.38. The van der Waals surface area contributed by atoms with Gasteiger partial charge in [-0.3, -0.25) is 0 Å². The zero-order valence-electron chi connectivity index (χ0n) is 9.68. The number of amidine groups is 1. The van der Waals surface area contributed by atoms with Crippen LogP contribution in [0.4, 0.5) is 4.39 Å². The molecule has 0 radical (unpaired) electrons. The molecule has 0 aliphatic rings. The molecule has 0 saturated carbocycles. The van der Waals surface area contributed by atoms with E-state index in [1.165, 1.54) is 12.1 Å². The molecular weight excluding hydrogens is 315 g/mol. The van der Waals surface area contributed by atoms with Crippen LogP contribution in [0.25, 0.3) is 0 Å². The minimum Gasteiger partial charge on any atom is -0.453 e. The Hall–Kier alpha value is -2.08. The van der Waals surface area contributed by atoms with Gasteiger partial charge in [-0.2, -0.15) is 0 Å². The number of benzene rings is 2. The molecule has 2 aromatic carbocycles. The molecule has 6 heteroatoms. The molecule has 4 nitrogen and oxygen atoms in total. The molecule has 0 saturated heterocycles. The Bertz CT molecular complexity index is 632. The molecule has 0 bridgehead atoms. The van der Waals surface area contributed by atoms with Crippen molar-refractivity contribution in [2.24, 2.45) is 10.9 Å². The van der Waals surface area contributed by atoms with Gasteiger partial charge in [0.05, 0.1) is 5.56 Å². The predicted octanol–water partition coefficient (Wildman–Crippen LogP) is 3.48. The SMILES string of the molecule is N/C(=N/O)c1ccccc1Oc1cc(Br)ccc1F. The standard InChI is InChI=1S/C13H10BrFN2O2/c14-8-5-6-10(15)12(7-8)19-11-4-2-1-3-9(11)13(16)17-18/h1-7,18H,(H2,16,17). The van der Waals surface area contributed by atoms with Crippen molar-refractivity contribution in [3.63, 3.8) is 0 Å². The Labute approximate surface area is 117 Å². The van der Waals surface area contributed by atoms with Crippen LogP contribution >= 0.6 is 15.9 Å². The third-order valence-corrected chi connectivity index (χ3v) is 2.88. The summed E-state index contributed by atoms with van der Waals surface area (Å²) in [5, 5.41) is 11.6. The molecule has 0 unspecified atom stereocenters. The summed E-state index contributed by atoms with van der Waals surface area (Å²) >= 11 is 3.24. The van der Waals surface area contributed by atoms with Crippen LogP contribution in [0.3, 0.4) is 0 Å². The molecule has 2 aromatic rings. The van der Waals surface area contributed by atoms with Crippen molar-refractivity contribution in [1.82, 2.24) is 0 Å². The van der Waals surface area contributed by atoms with Gasteiger partial charge in [-0.25, -0.2) is 4.39 Å². The van der Waals surface area contributed by atoms with Crippen LogP contribution in [0.1, 0.15) is 5.56 Å². The summed E-state index contributed by atoms with van der Waals surface area (Å²) in [5.41, 5.74) is 5.91. The first kappa shape index (κ1) is 13.4. The summed E-state index contributed by atoms with van der Waals surface area (Å²) in [4.78, 5) is 0. The van der Waals surface area contributed by atoms with Crippen LogP contribution in [0.5, 0.6) is 11.5 Å². The topological polar surface area (TPSA) is 67.8 Å². The van der Waals surface area contributed by atoms with Crippen molar-refractivity contribution >= 4 is 21.8 Å². The lowest BCUT2D eigenvalue weighted by molar-refractivity contribution is 0.318. The normalized spacial score (nSPS) is 11.4. The smallest absolute Gasteiger partial charge is 0.173 e. The third kappa shape index (κ3) is 3.03. The number of hydrogen-bond donors (Lipinski definition) is 2. The average molecular weight is 325 g/mol. The first-order valence-corrected chi connectivity index (χ1v) is 6.11.